The molecule has 2 saturated heterocycles. The molecule has 2 aliphatic heterocycles. The zero-order chi connectivity index (χ0) is 20.0. The SMILES string of the molecule is Cc1cc(CCc2c[nH]c3ccccc23)oc(=O)c1C(=O)N[C@@H]1C[C@@H]2CC[C@H]1O2. The van der Waals surface area contributed by atoms with E-state index in [9.17, 15) is 9.59 Å². The van der Waals surface area contributed by atoms with Crippen molar-refractivity contribution < 1.29 is 13.9 Å². The van der Waals surface area contributed by atoms with Gasteiger partial charge in [0.2, 0.25) is 0 Å². The average Bonchev–Trinajstić information content (AvgIpc) is 3.41. The summed E-state index contributed by atoms with van der Waals surface area (Å²) in [5.74, 6) is 0.234. The molecule has 5 rings (SSSR count). The molecule has 3 aromatic rings. The number of ether oxygens (including phenoxy) is 1. The predicted molar refractivity (Wildman–Crippen MR) is 109 cm³/mol. The minimum atomic E-state index is -0.569. The Bertz CT molecular complexity index is 1130. The smallest absolute Gasteiger partial charge is 0.349 e. The molecule has 2 fully saturated rings. The van der Waals surface area contributed by atoms with Crippen LogP contribution in [0.5, 0.6) is 0 Å². The van der Waals surface area contributed by atoms with Gasteiger partial charge in [-0.05, 0) is 55.9 Å². The summed E-state index contributed by atoms with van der Waals surface area (Å²) in [5.41, 5.74) is 2.46. The first kappa shape index (κ1) is 18.2. The minimum Gasteiger partial charge on any atom is -0.427 e. The number of carbonyl (C=O) groups is 1. The fourth-order valence-corrected chi connectivity index (χ4v) is 4.70. The number of hydrogen-bond acceptors (Lipinski definition) is 4. The molecule has 2 bridgehead atoms. The third-order valence-corrected chi connectivity index (χ3v) is 6.16. The third kappa shape index (κ3) is 3.38. The van der Waals surface area contributed by atoms with E-state index in [1.807, 2.05) is 30.5 Å². The molecule has 4 heterocycles. The Kier molecular flexibility index (Phi) is 4.51. The van der Waals surface area contributed by atoms with Crippen molar-refractivity contribution in [2.24, 2.45) is 0 Å². The Hall–Kier alpha value is -2.86. The molecule has 1 aromatic carbocycles. The fourth-order valence-electron chi connectivity index (χ4n) is 4.70. The highest BCUT2D eigenvalue weighted by Gasteiger charge is 2.41. The number of rotatable bonds is 5. The number of aryl methyl sites for hydroxylation is 3. The highest BCUT2D eigenvalue weighted by Crippen LogP contribution is 2.34. The average molecular weight is 392 g/mol. The van der Waals surface area contributed by atoms with Gasteiger partial charge in [0, 0.05) is 23.5 Å². The maximum Gasteiger partial charge on any atom is 0.349 e. The molecular formula is C23H24N2O4. The summed E-state index contributed by atoms with van der Waals surface area (Å²) in [6, 6.07) is 9.92. The van der Waals surface area contributed by atoms with Crippen molar-refractivity contribution in [3.8, 4) is 0 Å². The molecule has 0 radical (unpaired) electrons. The fraction of sp³-hybridized carbons (Fsp3) is 0.391. The lowest BCUT2D eigenvalue weighted by Crippen LogP contribution is -2.43. The standard InChI is InChI=1S/C23H24N2O4/c1-13-10-15(7-6-14-12-24-18-5-3-2-4-17(14)18)29-23(27)21(13)22(26)25-19-11-16-8-9-20(19)28-16/h2-5,10,12,16,19-20,24H,6-9,11H2,1H3,(H,25,26)/t16-,19+,20+/m0/s1. The van der Waals surface area contributed by atoms with Crippen LogP contribution in [0.15, 0.2) is 45.7 Å². The highest BCUT2D eigenvalue weighted by molar-refractivity contribution is 5.95. The Morgan fingerprint density at radius 1 is 1.24 bits per heavy atom. The zero-order valence-electron chi connectivity index (χ0n) is 16.4. The monoisotopic (exact) mass is 392 g/mol. The summed E-state index contributed by atoms with van der Waals surface area (Å²) in [7, 11) is 0. The Labute approximate surface area is 168 Å². The van der Waals surface area contributed by atoms with Crippen LogP contribution in [-0.2, 0) is 17.6 Å². The minimum absolute atomic E-state index is 0.0124. The third-order valence-electron chi connectivity index (χ3n) is 6.16. The van der Waals surface area contributed by atoms with Crippen LogP contribution in [0.25, 0.3) is 10.9 Å². The molecule has 2 N–H and O–H groups in total. The molecule has 150 valence electrons. The van der Waals surface area contributed by atoms with Gasteiger partial charge in [-0.25, -0.2) is 4.79 Å². The topological polar surface area (TPSA) is 84.3 Å². The van der Waals surface area contributed by atoms with Crippen LogP contribution < -0.4 is 10.9 Å². The molecule has 6 nitrogen and oxygen atoms in total. The lowest BCUT2D eigenvalue weighted by atomic mass is 9.95. The van der Waals surface area contributed by atoms with E-state index in [1.54, 1.807) is 6.92 Å². The molecule has 2 aliphatic rings. The predicted octanol–water partition coefficient (Wildman–Crippen LogP) is 3.26. The van der Waals surface area contributed by atoms with Gasteiger partial charge in [-0.2, -0.15) is 0 Å². The molecule has 29 heavy (non-hydrogen) atoms. The second-order valence-electron chi connectivity index (χ2n) is 8.11. The van der Waals surface area contributed by atoms with E-state index in [4.69, 9.17) is 9.15 Å². The van der Waals surface area contributed by atoms with Crippen molar-refractivity contribution in [3.63, 3.8) is 0 Å². The maximum absolute atomic E-state index is 12.7. The summed E-state index contributed by atoms with van der Waals surface area (Å²) >= 11 is 0. The van der Waals surface area contributed by atoms with Crippen molar-refractivity contribution in [2.45, 2.75) is 57.3 Å². The summed E-state index contributed by atoms with van der Waals surface area (Å²) < 4.78 is 11.3. The molecule has 0 spiro atoms. The van der Waals surface area contributed by atoms with Crippen molar-refractivity contribution >= 4 is 16.8 Å². The number of benzene rings is 1. The summed E-state index contributed by atoms with van der Waals surface area (Å²) in [6.45, 7) is 1.79. The quantitative estimate of drug-likeness (QED) is 0.698. The number of amides is 1. The molecule has 6 heteroatoms. The second kappa shape index (κ2) is 7.19. The lowest BCUT2D eigenvalue weighted by molar-refractivity contribution is 0.0837. The second-order valence-corrected chi connectivity index (χ2v) is 8.11. The first-order valence-corrected chi connectivity index (χ1v) is 10.2. The zero-order valence-corrected chi connectivity index (χ0v) is 16.4. The van der Waals surface area contributed by atoms with E-state index < -0.39 is 5.63 Å². The number of aromatic nitrogens is 1. The Morgan fingerprint density at radius 2 is 2.10 bits per heavy atom. The van der Waals surface area contributed by atoms with Crippen molar-refractivity contribution in [3.05, 3.63) is 69.4 Å². The van der Waals surface area contributed by atoms with Crippen LogP contribution in [0.3, 0.4) is 0 Å². The van der Waals surface area contributed by atoms with Gasteiger partial charge in [-0.3, -0.25) is 4.79 Å². The summed E-state index contributed by atoms with van der Waals surface area (Å²) in [4.78, 5) is 28.5. The first-order valence-electron chi connectivity index (χ1n) is 10.2. The van der Waals surface area contributed by atoms with E-state index in [-0.39, 0.29) is 29.7 Å². The first-order chi connectivity index (χ1) is 14.1. The number of aromatic amines is 1. The van der Waals surface area contributed by atoms with Gasteiger partial charge in [0.15, 0.2) is 0 Å². The molecular weight excluding hydrogens is 368 g/mol. The van der Waals surface area contributed by atoms with Gasteiger partial charge in [0.05, 0.1) is 18.2 Å². The van der Waals surface area contributed by atoms with Gasteiger partial charge in [-0.1, -0.05) is 18.2 Å². The molecule has 1 amide bonds. The molecule has 2 aromatic heterocycles. The van der Waals surface area contributed by atoms with E-state index in [2.05, 4.69) is 16.4 Å². The lowest BCUT2D eigenvalue weighted by Gasteiger charge is -2.20. The number of H-pyrrole nitrogens is 1. The normalized spacial score (nSPS) is 23.0. The highest BCUT2D eigenvalue weighted by atomic mass is 16.5. The molecule has 0 aliphatic carbocycles. The van der Waals surface area contributed by atoms with E-state index in [0.29, 0.717) is 17.7 Å². The van der Waals surface area contributed by atoms with Crippen LogP contribution in [-0.4, -0.2) is 29.1 Å². The number of nitrogens with one attached hydrogen (secondary N) is 2. The van der Waals surface area contributed by atoms with Crippen molar-refractivity contribution in [1.82, 2.24) is 10.3 Å². The van der Waals surface area contributed by atoms with Crippen LogP contribution in [0.4, 0.5) is 0 Å². The van der Waals surface area contributed by atoms with Gasteiger partial charge in [0.25, 0.3) is 5.91 Å². The van der Waals surface area contributed by atoms with Gasteiger partial charge < -0.3 is 19.5 Å². The maximum atomic E-state index is 12.7. The number of fused-ring (bicyclic) bond motifs is 3. The van der Waals surface area contributed by atoms with Crippen LogP contribution in [0.2, 0.25) is 0 Å². The van der Waals surface area contributed by atoms with Gasteiger partial charge >= 0.3 is 5.63 Å². The molecule has 3 atom stereocenters. The summed E-state index contributed by atoms with van der Waals surface area (Å²) in [5, 5.41) is 4.15. The van der Waals surface area contributed by atoms with Gasteiger partial charge in [-0.15, -0.1) is 0 Å². The van der Waals surface area contributed by atoms with Crippen molar-refractivity contribution in [2.75, 3.05) is 0 Å². The van der Waals surface area contributed by atoms with Crippen molar-refractivity contribution in [1.29, 1.82) is 0 Å². The van der Waals surface area contributed by atoms with E-state index in [1.165, 1.54) is 10.9 Å². The molecule has 0 unspecified atom stereocenters. The van der Waals surface area contributed by atoms with Gasteiger partial charge in [0.1, 0.15) is 11.3 Å². The van der Waals surface area contributed by atoms with Crippen LogP contribution in [0.1, 0.15) is 46.5 Å². The number of carbonyl (C=O) groups excluding carboxylic acids is 1. The van der Waals surface area contributed by atoms with E-state index in [0.717, 1.165) is 31.2 Å². The Morgan fingerprint density at radius 3 is 2.86 bits per heavy atom. The van der Waals surface area contributed by atoms with Crippen LogP contribution >= 0.6 is 0 Å². The Balaban J connectivity index is 1.30. The molecule has 0 saturated carbocycles. The number of para-hydroxylation sites is 1. The number of hydrogen-bond donors (Lipinski definition) is 2. The van der Waals surface area contributed by atoms with E-state index >= 15 is 0 Å². The largest absolute Gasteiger partial charge is 0.427 e. The summed E-state index contributed by atoms with van der Waals surface area (Å²) in [6.07, 6.45) is 6.51. The van der Waals surface area contributed by atoms with Crippen LogP contribution in [0, 0.1) is 6.92 Å².